The summed E-state index contributed by atoms with van der Waals surface area (Å²) in [5, 5.41) is 9.60. The van der Waals surface area contributed by atoms with Crippen molar-refractivity contribution in [2.24, 2.45) is 11.3 Å². The van der Waals surface area contributed by atoms with Gasteiger partial charge in [-0.2, -0.15) is 0 Å². The van der Waals surface area contributed by atoms with Gasteiger partial charge in [-0.15, -0.1) is 0 Å². The van der Waals surface area contributed by atoms with Crippen molar-refractivity contribution in [1.82, 2.24) is 0 Å². The Morgan fingerprint density at radius 3 is 2.89 bits per heavy atom. The summed E-state index contributed by atoms with van der Waals surface area (Å²) in [7, 11) is 0. The zero-order valence-electron chi connectivity index (χ0n) is 10.7. The lowest BCUT2D eigenvalue weighted by Crippen LogP contribution is -2.31. The minimum absolute atomic E-state index is 0.0365. The molecule has 1 N–H and O–H groups in total. The van der Waals surface area contributed by atoms with Gasteiger partial charge >= 0.3 is 0 Å². The van der Waals surface area contributed by atoms with Gasteiger partial charge in [0.05, 0.1) is 0 Å². The predicted molar refractivity (Wildman–Crippen MR) is 67.1 cm³/mol. The minimum atomic E-state index is -0.204. The Morgan fingerprint density at radius 1 is 1.44 bits per heavy atom. The fourth-order valence-corrected chi connectivity index (χ4v) is 3.06. The highest BCUT2D eigenvalue weighted by molar-refractivity contribution is 5.37. The second-order valence-electron chi connectivity index (χ2n) is 5.99. The van der Waals surface area contributed by atoms with E-state index in [0.29, 0.717) is 5.92 Å². The van der Waals surface area contributed by atoms with Gasteiger partial charge in [-0.1, -0.05) is 6.92 Å². The maximum atomic E-state index is 13.1. The van der Waals surface area contributed by atoms with Gasteiger partial charge in [-0.3, -0.25) is 0 Å². The summed E-state index contributed by atoms with van der Waals surface area (Å²) in [5.41, 5.74) is 0.918. The topological polar surface area (TPSA) is 29.5 Å². The van der Waals surface area contributed by atoms with E-state index >= 15 is 0 Å². The standard InChI is InChI=1S/C15H19FO2/c1-15(9-17,11-2-3-11)8-13-7-10-6-12(16)4-5-14(10)18-13/h4-6,11,13,17H,2-3,7-9H2,1H3. The normalized spacial score (nSPS) is 25.4. The van der Waals surface area contributed by atoms with Crippen LogP contribution in [0.2, 0.25) is 0 Å². The molecule has 0 amide bonds. The maximum absolute atomic E-state index is 13.1. The Labute approximate surface area is 107 Å². The average Bonchev–Trinajstić information content (AvgIpc) is 3.12. The number of hydrogen-bond donors (Lipinski definition) is 1. The quantitative estimate of drug-likeness (QED) is 0.890. The Morgan fingerprint density at radius 2 is 2.22 bits per heavy atom. The molecule has 0 spiro atoms. The second-order valence-corrected chi connectivity index (χ2v) is 5.99. The third-order valence-corrected chi connectivity index (χ3v) is 4.38. The van der Waals surface area contributed by atoms with Crippen LogP contribution in [0.5, 0.6) is 5.75 Å². The molecule has 0 radical (unpaired) electrons. The van der Waals surface area contributed by atoms with Gasteiger partial charge in [-0.05, 0) is 48.8 Å². The van der Waals surface area contributed by atoms with Gasteiger partial charge in [0.15, 0.2) is 0 Å². The number of fused-ring (bicyclic) bond motifs is 1. The fraction of sp³-hybridized carbons (Fsp3) is 0.600. The molecular formula is C15H19FO2. The van der Waals surface area contributed by atoms with E-state index in [9.17, 15) is 9.50 Å². The van der Waals surface area contributed by atoms with Crippen LogP contribution in [0.3, 0.4) is 0 Å². The van der Waals surface area contributed by atoms with Crippen LogP contribution < -0.4 is 4.74 Å². The first-order valence-electron chi connectivity index (χ1n) is 6.67. The van der Waals surface area contributed by atoms with Crippen molar-refractivity contribution in [1.29, 1.82) is 0 Å². The van der Waals surface area contributed by atoms with E-state index in [1.54, 1.807) is 12.1 Å². The smallest absolute Gasteiger partial charge is 0.123 e. The van der Waals surface area contributed by atoms with Crippen molar-refractivity contribution in [2.75, 3.05) is 6.61 Å². The van der Waals surface area contributed by atoms with E-state index in [4.69, 9.17) is 4.74 Å². The first kappa shape index (κ1) is 12.0. The van der Waals surface area contributed by atoms with Crippen LogP contribution >= 0.6 is 0 Å². The Kier molecular flexibility index (Phi) is 2.81. The van der Waals surface area contributed by atoms with E-state index in [2.05, 4.69) is 6.92 Å². The van der Waals surface area contributed by atoms with Crippen molar-refractivity contribution >= 4 is 0 Å². The molecule has 1 aromatic rings. The molecule has 0 saturated heterocycles. The van der Waals surface area contributed by atoms with Crippen LogP contribution in [0.25, 0.3) is 0 Å². The van der Waals surface area contributed by atoms with E-state index < -0.39 is 0 Å². The van der Waals surface area contributed by atoms with E-state index in [1.807, 2.05) is 0 Å². The predicted octanol–water partition coefficient (Wildman–Crippen LogP) is 2.93. The largest absolute Gasteiger partial charge is 0.490 e. The Bertz CT molecular complexity index is 456. The molecule has 0 bridgehead atoms. The molecule has 2 aliphatic rings. The molecule has 2 unspecified atom stereocenters. The van der Waals surface area contributed by atoms with Gasteiger partial charge in [0.1, 0.15) is 17.7 Å². The van der Waals surface area contributed by atoms with Gasteiger partial charge in [-0.25, -0.2) is 4.39 Å². The molecule has 2 atom stereocenters. The minimum Gasteiger partial charge on any atom is -0.490 e. The number of rotatable bonds is 4. The molecule has 2 nitrogen and oxygen atoms in total. The van der Waals surface area contributed by atoms with Crippen LogP contribution in [0.15, 0.2) is 18.2 Å². The van der Waals surface area contributed by atoms with E-state index in [1.165, 1.54) is 18.9 Å². The molecule has 0 aromatic heterocycles. The van der Waals surface area contributed by atoms with Crippen molar-refractivity contribution in [2.45, 2.75) is 38.7 Å². The highest BCUT2D eigenvalue weighted by atomic mass is 19.1. The third kappa shape index (κ3) is 2.12. The molecular weight excluding hydrogens is 231 g/mol. The first-order chi connectivity index (χ1) is 8.60. The molecule has 1 heterocycles. The van der Waals surface area contributed by atoms with Crippen LogP contribution in [0.1, 0.15) is 31.7 Å². The van der Waals surface area contributed by atoms with Gasteiger partial charge in [0, 0.05) is 18.6 Å². The van der Waals surface area contributed by atoms with Crippen LogP contribution in [-0.2, 0) is 6.42 Å². The lowest BCUT2D eigenvalue weighted by Gasteiger charge is -2.29. The average molecular weight is 250 g/mol. The number of halogens is 1. The summed E-state index contributed by atoms with van der Waals surface area (Å²) >= 11 is 0. The molecule has 18 heavy (non-hydrogen) atoms. The maximum Gasteiger partial charge on any atom is 0.123 e. The number of hydrogen-bond acceptors (Lipinski definition) is 2. The Hall–Kier alpha value is -1.09. The highest BCUT2D eigenvalue weighted by Crippen LogP contribution is 2.49. The van der Waals surface area contributed by atoms with E-state index in [-0.39, 0.29) is 23.9 Å². The van der Waals surface area contributed by atoms with Gasteiger partial charge in [0.25, 0.3) is 0 Å². The molecule has 1 aromatic carbocycles. The third-order valence-electron chi connectivity index (χ3n) is 4.38. The fourth-order valence-electron chi connectivity index (χ4n) is 3.06. The lowest BCUT2D eigenvalue weighted by molar-refractivity contribution is 0.0650. The molecule has 1 aliphatic heterocycles. The number of aliphatic hydroxyl groups excluding tert-OH is 1. The molecule has 3 rings (SSSR count). The van der Waals surface area contributed by atoms with E-state index in [0.717, 1.165) is 24.2 Å². The summed E-state index contributed by atoms with van der Waals surface area (Å²) in [4.78, 5) is 0. The molecule has 3 heteroatoms. The molecule has 1 saturated carbocycles. The number of ether oxygens (including phenoxy) is 1. The van der Waals surface area contributed by atoms with Gasteiger partial charge < -0.3 is 9.84 Å². The zero-order valence-corrected chi connectivity index (χ0v) is 10.7. The van der Waals surface area contributed by atoms with Crippen molar-refractivity contribution in [3.05, 3.63) is 29.6 Å². The SMILES string of the molecule is CC(CO)(CC1Cc2cc(F)ccc2O1)C1CC1. The number of aliphatic hydroxyl groups is 1. The van der Waals surface area contributed by atoms with Crippen LogP contribution in [0, 0.1) is 17.2 Å². The number of benzene rings is 1. The summed E-state index contributed by atoms with van der Waals surface area (Å²) in [6.07, 6.45) is 4.12. The van der Waals surface area contributed by atoms with Crippen LogP contribution in [0.4, 0.5) is 4.39 Å². The monoisotopic (exact) mass is 250 g/mol. The zero-order chi connectivity index (χ0) is 12.8. The molecule has 1 fully saturated rings. The summed E-state index contributed by atoms with van der Waals surface area (Å²) in [5.74, 6) is 1.23. The second kappa shape index (κ2) is 4.23. The molecule has 98 valence electrons. The summed E-state index contributed by atoms with van der Waals surface area (Å²) < 4.78 is 19.0. The van der Waals surface area contributed by atoms with Crippen LogP contribution in [-0.4, -0.2) is 17.8 Å². The molecule has 1 aliphatic carbocycles. The van der Waals surface area contributed by atoms with Crippen molar-refractivity contribution in [3.8, 4) is 5.75 Å². The first-order valence-corrected chi connectivity index (χ1v) is 6.67. The lowest BCUT2D eigenvalue weighted by atomic mass is 9.79. The van der Waals surface area contributed by atoms with Crippen molar-refractivity contribution < 1.29 is 14.2 Å². The highest BCUT2D eigenvalue weighted by Gasteiger charge is 2.43. The van der Waals surface area contributed by atoms with Crippen molar-refractivity contribution in [3.63, 3.8) is 0 Å². The Balaban J connectivity index is 1.70. The van der Waals surface area contributed by atoms with Gasteiger partial charge in [0.2, 0.25) is 0 Å². The summed E-state index contributed by atoms with van der Waals surface area (Å²) in [6.45, 7) is 2.35. The summed E-state index contributed by atoms with van der Waals surface area (Å²) in [6, 6.07) is 4.70.